The van der Waals surface area contributed by atoms with Gasteiger partial charge in [0.15, 0.2) is 5.82 Å². The molecule has 2 amide bonds. The summed E-state index contributed by atoms with van der Waals surface area (Å²) in [7, 11) is 0. The van der Waals surface area contributed by atoms with Gasteiger partial charge in [-0.1, -0.05) is 5.16 Å². The molecule has 1 saturated heterocycles. The zero-order chi connectivity index (χ0) is 22.5. The molecule has 1 aliphatic heterocycles. The van der Waals surface area contributed by atoms with Crippen molar-refractivity contribution in [2.24, 2.45) is 0 Å². The predicted octanol–water partition coefficient (Wildman–Crippen LogP) is 3.31. The van der Waals surface area contributed by atoms with E-state index in [-0.39, 0.29) is 24.2 Å². The predicted molar refractivity (Wildman–Crippen MR) is 115 cm³/mol. The minimum absolute atomic E-state index is 0.0690. The van der Waals surface area contributed by atoms with Gasteiger partial charge in [-0.05, 0) is 55.5 Å². The molecular formula is C23H23FN4O4. The third kappa shape index (κ3) is 5.50. The van der Waals surface area contributed by atoms with E-state index >= 15 is 0 Å². The van der Waals surface area contributed by atoms with Gasteiger partial charge in [0.1, 0.15) is 23.1 Å². The Balaban J connectivity index is 1.25. The van der Waals surface area contributed by atoms with E-state index in [0.717, 1.165) is 0 Å². The van der Waals surface area contributed by atoms with Gasteiger partial charge in [-0.15, -0.1) is 0 Å². The number of ether oxygens (including phenoxy) is 1. The molecule has 0 bridgehead atoms. The first kappa shape index (κ1) is 21.5. The Bertz CT molecular complexity index is 1070. The van der Waals surface area contributed by atoms with Gasteiger partial charge in [0.25, 0.3) is 5.91 Å². The van der Waals surface area contributed by atoms with Gasteiger partial charge in [-0.3, -0.25) is 14.5 Å². The minimum Gasteiger partial charge on any atom is -0.457 e. The molecule has 0 unspecified atom stereocenters. The normalized spacial score (nSPS) is 14.2. The van der Waals surface area contributed by atoms with Gasteiger partial charge < -0.3 is 19.5 Å². The zero-order valence-corrected chi connectivity index (χ0v) is 17.6. The third-order valence-corrected chi connectivity index (χ3v) is 5.07. The molecule has 1 aromatic heterocycles. The lowest BCUT2D eigenvalue weighted by molar-refractivity contribution is -0.117. The molecule has 3 aromatic rings. The van der Waals surface area contributed by atoms with Gasteiger partial charge in [0.05, 0.1) is 6.54 Å². The smallest absolute Gasteiger partial charge is 0.253 e. The first-order valence-corrected chi connectivity index (χ1v) is 10.2. The van der Waals surface area contributed by atoms with Crippen LogP contribution in [-0.4, -0.2) is 59.5 Å². The van der Waals surface area contributed by atoms with Crippen LogP contribution in [0.25, 0.3) is 0 Å². The fraction of sp³-hybridized carbons (Fsp3) is 0.261. The van der Waals surface area contributed by atoms with Crippen LogP contribution in [0.1, 0.15) is 16.1 Å². The van der Waals surface area contributed by atoms with Gasteiger partial charge in [-0.2, -0.15) is 0 Å². The molecule has 2 aromatic carbocycles. The highest BCUT2D eigenvalue weighted by Gasteiger charge is 2.23. The molecule has 2 heterocycles. The molecule has 1 N–H and O–H groups in total. The summed E-state index contributed by atoms with van der Waals surface area (Å²) in [5.41, 5.74) is 0.559. The summed E-state index contributed by atoms with van der Waals surface area (Å²) in [6.07, 6.45) is 0. The zero-order valence-electron chi connectivity index (χ0n) is 17.6. The van der Waals surface area contributed by atoms with Crippen LogP contribution < -0.4 is 10.1 Å². The highest BCUT2D eigenvalue weighted by atomic mass is 19.1. The highest BCUT2D eigenvalue weighted by molar-refractivity contribution is 5.94. The van der Waals surface area contributed by atoms with Crippen LogP contribution >= 0.6 is 0 Å². The lowest BCUT2D eigenvalue weighted by Gasteiger charge is -2.34. The van der Waals surface area contributed by atoms with Crippen LogP contribution in [0.2, 0.25) is 0 Å². The number of nitrogens with one attached hydrogen (secondary N) is 1. The van der Waals surface area contributed by atoms with Crippen molar-refractivity contribution in [3.63, 3.8) is 0 Å². The number of aryl methyl sites for hydroxylation is 1. The summed E-state index contributed by atoms with van der Waals surface area (Å²) in [5, 5.41) is 6.45. The van der Waals surface area contributed by atoms with E-state index in [1.165, 1.54) is 12.1 Å². The van der Waals surface area contributed by atoms with Crippen LogP contribution in [0.4, 0.5) is 10.2 Å². The van der Waals surface area contributed by atoms with E-state index < -0.39 is 0 Å². The number of carbonyl (C=O) groups is 2. The monoisotopic (exact) mass is 438 g/mol. The molecule has 9 heteroatoms. The van der Waals surface area contributed by atoms with Gasteiger partial charge >= 0.3 is 0 Å². The molecule has 1 aliphatic rings. The molecule has 0 aliphatic carbocycles. The quantitative estimate of drug-likeness (QED) is 0.635. The summed E-state index contributed by atoms with van der Waals surface area (Å²) >= 11 is 0. The average Bonchev–Trinajstić information content (AvgIpc) is 3.20. The van der Waals surface area contributed by atoms with E-state index in [1.807, 2.05) is 4.90 Å². The maximum atomic E-state index is 13.0. The Morgan fingerprint density at radius 1 is 1.03 bits per heavy atom. The number of aromatic nitrogens is 1. The number of rotatable bonds is 6. The number of piperazine rings is 1. The van der Waals surface area contributed by atoms with Crippen LogP contribution in [0.3, 0.4) is 0 Å². The van der Waals surface area contributed by atoms with Crippen molar-refractivity contribution in [2.75, 3.05) is 38.0 Å². The van der Waals surface area contributed by atoms with Gasteiger partial charge in [0.2, 0.25) is 5.91 Å². The fourth-order valence-electron chi connectivity index (χ4n) is 3.41. The second-order valence-corrected chi connectivity index (χ2v) is 7.52. The van der Waals surface area contributed by atoms with Crippen molar-refractivity contribution >= 4 is 17.6 Å². The maximum absolute atomic E-state index is 13.0. The molecule has 1 fully saturated rings. The molecule has 4 rings (SSSR count). The van der Waals surface area contributed by atoms with Crippen molar-refractivity contribution in [3.05, 3.63) is 71.7 Å². The lowest BCUT2D eigenvalue weighted by Crippen LogP contribution is -2.50. The van der Waals surface area contributed by atoms with Crippen LogP contribution in [0.15, 0.2) is 59.1 Å². The molecule has 0 atom stereocenters. The second kappa shape index (κ2) is 9.61. The number of amides is 2. The van der Waals surface area contributed by atoms with Crippen LogP contribution in [0.5, 0.6) is 11.5 Å². The molecular weight excluding hydrogens is 415 g/mol. The van der Waals surface area contributed by atoms with Crippen molar-refractivity contribution in [2.45, 2.75) is 6.92 Å². The Kier molecular flexibility index (Phi) is 6.46. The number of benzene rings is 2. The number of nitrogens with zero attached hydrogens (tertiary/aromatic N) is 3. The van der Waals surface area contributed by atoms with Gasteiger partial charge in [-0.25, -0.2) is 4.39 Å². The van der Waals surface area contributed by atoms with E-state index in [9.17, 15) is 14.0 Å². The topological polar surface area (TPSA) is 87.9 Å². The summed E-state index contributed by atoms with van der Waals surface area (Å²) in [6.45, 7) is 4.24. The van der Waals surface area contributed by atoms with E-state index in [0.29, 0.717) is 54.8 Å². The summed E-state index contributed by atoms with van der Waals surface area (Å²) < 4.78 is 23.6. The van der Waals surface area contributed by atoms with E-state index in [4.69, 9.17) is 9.26 Å². The number of hydrogen-bond acceptors (Lipinski definition) is 6. The van der Waals surface area contributed by atoms with Crippen LogP contribution in [0, 0.1) is 12.7 Å². The average molecular weight is 438 g/mol. The summed E-state index contributed by atoms with van der Waals surface area (Å²) in [5.74, 6) is 1.53. The van der Waals surface area contributed by atoms with Crippen LogP contribution in [-0.2, 0) is 4.79 Å². The molecule has 0 spiro atoms. The van der Waals surface area contributed by atoms with Crippen molar-refractivity contribution < 1.29 is 23.2 Å². The van der Waals surface area contributed by atoms with Crippen molar-refractivity contribution in [3.8, 4) is 11.5 Å². The highest BCUT2D eigenvalue weighted by Crippen LogP contribution is 2.22. The SMILES string of the molecule is Cc1cc(NC(=O)CN2CCN(C(=O)c3ccc(Oc4ccc(F)cc4)cc3)CC2)no1. The number of anilines is 1. The Morgan fingerprint density at radius 3 is 2.25 bits per heavy atom. The summed E-state index contributed by atoms with van der Waals surface area (Å²) in [6, 6.07) is 14.2. The maximum Gasteiger partial charge on any atom is 0.253 e. The fourth-order valence-corrected chi connectivity index (χ4v) is 3.41. The molecule has 166 valence electrons. The Hall–Kier alpha value is -3.72. The van der Waals surface area contributed by atoms with E-state index in [1.54, 1.807) is 54.3 Å². The molecule has 8 nitrogen and oxygen atoms in total. The molecule has 0 saturated carbocycles. The lowest BCUT2D eigenvalue weighted by atomic mass is 10.1. The van der Waals surface area contributed by atoms with E-state index in [2.05, 4.69) is 10.5 Å². The number of carbonyl (C=O) groups excluding carboxylic acids is 2. The Morgan fingerprint density at radius 2 is 1.66 bits per heavy atom. The first-order chi connectivity index (χ1) is 15.5. The van der Waals surface area contributed by atoms with Crippen molar-refractivity contribution in [1.82, 2.24) is 15.0 Å². The Labute approximate surface area is 184 Å². The molecule has 32 heavy (non-hydrogen) atoms. The second-order valence-electron chi connectivity index (χ2n) is 7.52. The molecule has 0 radical (unpaired) electrons. The first-order valence-electron chi connectivity index (χ1n) is 10.2. The number of halogens is 1. The number of hydrogen-bond donors (Lipinski definition) is 1. The standard InChI is InChI=1S/C23H23FN4O4/c1-16-14-21(26-32-16)25-22(29)15-27-10-12-28(13-11-27)23(30)17-2-6-19(7-3-17)31-20-8-4-18(24)5-9-20/h2-9,14H,10-13,15H2,1H3,(H,25,26,29). The van der Waals surface area contributed by atoms with Crippen molar-refractivity contribution in [1.29, 1.82) is 0 Å². The largest absolute Gasteiger partial charge is 0.457 e. The minimum atomic E-state index is -0.330. The van der Waals surface area contributed by atoms with Gasteiger partial charge in [0, 0.05) is 37.8 Å². The summed E-state index contributed by atoms with van der Waals surface area (Å²) in [4.78, 5) is 28.7. The third-order valence-electron chi connectivity index (χ3n) is 5.07.